The Bertz CT molecular complexity index is 19.1. The zero-order valence-electron chi connectivity index (χ0n) is 3.53. The average Bonchev–Trinajstić information content (AvgIpc) is 1.76. The van der Waals surface area contributed by atoms with Gasteiger partial charge in [-0.2, -0.15) is 6.42 Å². The van der Waals surface area contributed by atoms with E-state index in [1.807, 2.05) is 0 Å². The molecule has 1 fully saturated rings. The van der Waals surface area contributed by atoms with E-state index in [-0.39, 0.29) is 19.5 Å². The van der Waals surface area contributed by atoms with Gasteiger partial charge in [-0.25, -0.2) is 0 Å². The van der Waals surface area contributed by atoms with E-state index in [9.17, 15) is 0 Å². The second kappa shape index (κ2) is 3.76. The molecule has 1 N–H and O–H groups in total. The summed E-state index contributed by atoms with van der Waals surface area (Å²) in [6.45, 7) is 2.32. The molecule has 0 amide bonds. The Balaban J connectivity index is 0.000000250. The van der Waals surface area contributed by atoms with E-state index in [1.54, 1.807) is 0 Å². The molecule has 0 aromatic carbocycles. The molecule has 1 heterocycles. The van der Waals surface area contributed by atoms with Gasteiger partial charge in [-0.1, -0.05) is 0 Å². The standard InChI is InChI=1S/C4H8N.Rh/c1-2-4-5-3-1;/h1,5H,2-4H2;/q-1;. The molecule has 1 radical (unpaired) electrons. The largest absolute Gasteiger partial charge is 0.349 e. The molecule has 2 heteroatoms. The minimum Gasteiger partial charge on any atom is -0.349 e. The van der Waals surface area contributed by atoms with Crippen molar-refractivity contribution in [1.29, 1.82) is 0 Å². The van der Waals surface area contributed by atoms with Crippen LogP contribution in [0.25, 0.3) is 0 Å². The molecule has 0 saturated carbocycles. The summed E-state index contributed by atoms with van der Waals surface area (Å²) in [5.74, 6) is 0. The molecule has 0 aromatic rings. The second-order valence-electron chi connectivity index (χ2n) is 1.28. The SMILES string of the molecule is [CH-]1CCNC1.[Rh]. The van der Waals surface area contributed by atoms with Crippen LogP contribution in [-0.2, 0) is 19.5 Å². The number of hydrogen-bond acceptors (Lipinski definition) is 1. The Morgan fingerprint density at radius 1 is 1.50 bits per heavy atom. The topological polar surface area (TPSA) is 12.0 Å². The predicted molar refractivity (Wildman–Crippen MR) is 21.8 cm³/mol. The van der Waals surface area contributed by atoms with E-state index in [0.29, 0.717) is 0 Å². The summed E-state index contributed by atoms with van der Waals surface area (Å²) >= 11 is 0. The van der Waals surface area contributed by atoms with Crippen molar-refractivity contribution in [2.45, 2.75) is 6.42 Å². The fourth-order valence-corrected chi connectivity index (χ4v) is 0.510. The zero-order chi connectivity index (χ0) is 3.54. The van der Waals surface area contributed by atoms with E-state index in [2.05, 4.69) is 11.7 Å². The van der Waals surface area contributed by atoms with Crippen LogP contribution in [0.5, 0.6) is 0 Å². The Kier molecular flexibility index (Phi) is 4.13. The van der Waals surface area contributed by atoms with Crippen LogP contribution in [0.4, 0.5) is 0 Å². The fourth-order valence-electron chi connectivity index (χ4n) is 0.510. The zero-order valence-corrected chi connectivity index (χ0v) is 5.17. The average molecular weight is 173 g/mol. The van der Waals surface area contributed by atoms with Crippen LogP contribution >= 0.6 is 0 Å². The van der Waals surface area contributed by atoms with Crippen molar-refractivity contribution in [3.63, 3.8) is 0 Å². The number of rotatable bonds is 0. The second-order valence-corrected chi connectivity index (χ2v) is 1.28. The van der Waals surface area contributed by atoms with Crippen LogP contribution in [0.2, 0.25) is 0 Å². The Hall–Kier alpha value is 0.583. The Morgan fingerprint density at radius 3 is 2.50 bits per heavy atom. The molecule has 6 heavy (non-hydrogen) atoms. The molecule has 0 atom stereocenters. The number of hydrogen-bond donors (Lipinski definition) is 1. The van der Waals surface area contributed by atoms with Gasteiger partial charge in [0.2, 0.25) is 0 Å². The summed E-state index contributed by atoms with van der Waals surface area (Å²) in [6, 6.07) is 0. The molecule has 0 aliphatic carbocycles. The van der Waals surface area contributed by atoms with Crippen molar-refractivity contribution in [1.82, 2.24) is 5.32 Å². The van der Waals surface area contributed by atoms with Gasteiger partial charge in [-0.3, -0.25) is 0 Å². The fraction of sp³-hybridized carbons (Fsp3) is 0.750. The first-order chi connectivity index (χ1) is 2.50. The third kappa shape index (κ3) is 1.89. The van der Waals surface area contributed by atoms with Crippen LogP contribution in [-0.4, -0.2) is 13.1 Å². The van der Waals surface area contributed by atoms with Crippen molar-refractivity contribution in [3.05, 3.63) is 6.42 Å². The van der Waals surface area contributed by atoms with Crippen LogP contribution < -0.4 is 5.32 Å². The van der Waals surface area contributed by atoms with Gasteiger partial charge in [0, 0.05) is 19.5 Å². The summed E-state index contributed by atoms with van der Waals surface area (Å²) in [5, 5.41) is 3.17. The quantitative estimate of drug-likeness (QED) is 0.407. The molecular weight excluding hydrogens is 165 g/mol. The third-order valence-corrected chi connectivity index (χ3v) is 0.814. The van der Waals surface area contributed by atoms with Gasteiger partial charge in [-0.15, -0.1) is 6.54 Å². The number of nitrogens with one attached hydrogen (secondary N) is 1. The van der Waals surface area contributed by atoms with Crippen LogP contribution in [0, 0.1) is 6.42 Å². The molecule has 1 saturated heterocycles. The molecule has 0 spiro atoms. The summed E-state index contributed by atoms with van der Waals surface area (Å²) < 4.78 is 0. The van der Waals surface area contributed by atoms with Gasteiger partial charge in [0.1, 0.15) is 0 Å². The molecule has 1 rings (SSSR count). The molecule has 0 unspecified atom stereocenters. The van der Waals surface area contributed by atoms with Crippen molar-refractivity contribution < 1.29 is 19.5 Å². The molecule has 1 aliphatic heterocycles. The van der Waals surface area contributed by atoms with Crippen molar-refractivity contribution in [2.24, 2.45) is 0 Å². The van der Waals surface area contributed by atoms with Crippen LogP contribution in [0.1, 0.15) is 6.42 Å². The van der Waals surface area contributed by atoms with E-state index in [1.165, 1.54) is 13.0 Å². The Labute approximate surface area is 51.3 Å². The molecule has 1 aliphatic rings. The van der Waals surface area contributed by atoms with E-state index < -0.39 is 0 Å². The third-order valence-electron chi connectivity index (χ3n) is 0.814. The van der Waals surface area contributed by atoms with E-state index in [4.69, 9.17) is 0 Å². The van der Waals surface area contributed by atoms with E-state index in [0.717, 1.165) is 6.54 Å². The maximum Gasteiger partial charge on any atom is 0 e. The summed E-state index contributed by atoms with van der Waals surface area (Å²) in [4.78, 5) is 0. The normalized spacial score (nSPS) is 20.0. The van der Waals surface area contributed by atoms with Crippen molar-refractivity contribution in [3.8, 4) is 0 Å². The van der Waals surface area contributed by atoms with Crippen molar-refractivity contribution >= 4 is 0 Å². The smallest absolute Gasteiger partial charge is 0 e. The van der Waals surface area contributed by atoms with Gasteiger partial charge in [-0.05, 0) is 6.54 Å². The van der Waals surface area contributed by atoms with Gasteiger partial charge in [0.25, 0.3) is 0 Å². The first-order valence-corrected chi connectivity index (χ1v) is 2.02. The van der Waals surface area contributed by atoms with Crippen LogP contribution in [0.3, 0.4) is 0 Å². The predicted octanol–water partition coefficient (Wildman–Crippen LogP) is 0.181. The molecule has 39 valence electrons. The molecule has 0 bridgehead atoms. The summed E-state index contributed by atoms with van der Waals surface area (Å²) in [7, 11) is 0. The molecule has 0 aromatic heterocycles. The van der Waals surface area contributed by atoms with Gasteiger partial charge < -0.3 is 11.7 Å². The first-order valence-electron chi connectivity index (χ1n) is 2.02. The van der Waals surface area contributed by atoms with Crippen LogP contribution in [0.15, 0.2) is 0 Å². The maximum atomic E-state index is 3.17. The molecular formula is C4H8NRh-. The van der Waals surface area contributed by atoms with E-state index >= 15 is 0 Å². The Morgan fingerprint density at radius 2 is 2.33 bits per heavy atom. The summed E-state index contributed by atoms with van der Waals surface area (Å²) in [5.41, 5.74) is 0. The summed E-state index contributed by atoms with van der Waals surface area (Å²) in [6.07, 6.45) is 3.51. The first kappa shape index (κ1) is 6.58. The van der Waals surface area contributed by atoms with Gasteiger partial charge in [0.15, 0.2) is 0 Å². The molecule has 1 nitrogen and oxygen atoms in total. The van der Waals surface area contributed by atoms with Gasteiger partial charge >= 0.3 is 0 Å². The van der Waals surface area contributed by atoms with Gasteiger partial charge in [0.05, 0.1) is 0 Å². The monoisotopic (exact) mass is 173 g/mol. The minimum absolute atomic E-state index is 0. The van der Waals surface area contributed by atoms with Crippen molar-refractivity contribution in [2.75, 3.05) is 13.1 Å². The minimum atomic E-state index is 0. The maximum absolute atomic E-state index is 3.17.